The second kappa shape index (κ2) is 8.77. The molecule has 2 nitrogen and oxygen atoms in total. The van der Waals surface area contributed by atoms with Crippen LogP contribution < -0.4 is 17.3 Å². The van der Waals surface area contributed by atoms with E-state index in [0.717, 1.165) is 17.6 Å². The number of hydrogen-bond donors (Lipinski definition) is 1. The fourth-order valence-corrected chi connectivity index (χ4v) is 6.29. The minimum atomic E-state index is 0. The van der Waals surface area contributed by atoms with E-state index in [9.17, 15) is 0 Å². The van der Waals surface area contributed by atoms with Crippen LogP contribution in [0.2, 0.25) is 0 Å². The predicted molar refractivity (Wildman–Crippen MR) is 119 cm³/mol. The molecule has 2 saturated heterocycles. The molecule has 0 saturated carbocycles. The maximum atomic E-state index is 3.55. The first-order valence-corrected chi connectivity index (χ1v) is 11.4. The van der Waals surface area contributed by atoms with E-state index >= 15 is 0 Å². The molecule has 0 amide bonds. The molecule has 4 rings (SSSR count). The van der Waals surface area contributed by atoms with Crippen LogP contribution >= 0.6 is 31.9 Å². The molecular weight excluding hydrogens is 500 g/mol. The van der Waals surface area contributed by atoms with E-state index in [1.54, 1.807) is 4.90 Å². The Morgan fingerprint density at radius 3 is 1.79 bits per heavy atom. The van der Waals surface area contributed by atoms with Crippen LogP contribution in [-0.2, 0) is 13.1 Å². The van der Waals surface area contributed by atoms with Crippen molar-refractivity contribution in [1.29, 1.82) is 0 Å². The van der Waals surface area contributed by atoms with Gasteiger partial charge in [0.05, 0.1) is 13.1 Å². The Kier molecular flexibility index (Phi) is 6.98. The van der Waals surface area contributed by atoms with Crippen molar-refractivity contribution < 1.29 is 17.3 Å². The average Bonchev–Trinajstić information content (AvgIpc) is 2.56. The summed E-state index contributed by atoms with van der Waals surface area (Å²) in [6.45, 7) is 12.2. The Balaban J connectivity index is 0.00000225. The number of rotatable bonds is 4. The standard InChI is InChI=1S/C23H28Br2N2.ClH/c1-22-13-23(2,16-26(14-22)11-18-3-7-20(24)8-4-18)17-27(15-22)12-19-5-9-21(25)10-6-19;/h3-10H,11-17H2,1-2H3;1H. The number of nitrogens with zero attached hydrogens (tertiary/aromatic N) is 1. The highest BCUT2D eigenvalue weighted by atomic mass is 79.9. The number of hydrogen-bond acceptors (Lipinski definition) is 1. The van der Waals surface area contributed by atoms with Crippen molar-refractivity contribution in [3.8, 4) is 0 Å². The molecule has 2 unspecified atom stereocenters. The molecule has 152 valence electrons. The van der Waals surface area contributed by atoms with Crippen LogP contribution in [0.5, 0.6) is 0 Å². The Hall–Kier alpha value is -0.390. The number of halogens is 3. The highest BCUT2D eigenvalue weighted by Crippen LogP contribution is 2.41. The van der Waals surface area contributed by atoms with E-state index in [4.69, 9.17) is 0 Å². The van der Waals surface area contributed by atoms with E-state index < -0.39 is 0 Å². The number of nitrogens with one attached hydrogen (secondary N) is 1. The number of benzene rings is 2. The lowest BCUT2D eigenvalue weighted by atomic mass is 9.65. The van der Waals surface area contributed by atoms with Gasteiger partial charge < -0.3 is 17.3 Å². The Morgan fingerprint density at radius 1 is 0.821 bits per heavy atom. The summed E-state index contributed by atoms with van der Waals surface area (Å²) in [5, 5.41) is 0. The van der Waals surface area contributed by atoms with Crippen LogP contribution in [0.15, 0.2) is 57.5 Å². The summed E-state index contributed by atoms with van der Waals surface area (Å²) in [5.74, 6) is 0. The van der Waals surface area contributed by atoms with Crippen LogP contribution in [0.25, 0.3) is 0 Å². The number of quaternary nitrogens is 1. The quantitative estimate of drug-likeness (QED) is 0.633. The third kappa shape index (κ3) is 5.40. The van der Waals surface area contributed by atoms with Gasteiger partial charge >= 0.3 is 0 Å². The Morgan fingerprint density at radius 2 is 1.29 bits per heavy atom. The van der Waals surface area contributed by atoms with Crippen molar-refractivity contribution in [2.45, 2.75) is 33.4 Å². The lowest BCUT2D eigenvalue weighted by Gasteiger charge is -2.54. The van der Waals surface area contributed by atoms with E-state index in [0.29, 0.717) is 10.8 Å². The van der Waals surface area contributed by atoms with Gasteiger partial charge in [-0.25, -0.2) is 0 Å². The molecule has 2 heterocycles. The summed E-state index contributed by atoms with van der Waals surface area (Å²) >= 11 is 7.10. The minimum Gasteiger partial charge on any atom is -1.00 e. The second-order valence-corrected chi connectivity index (χ2v) is 11.3. The monoisotopic (exact) mass is 526 g/mol. The van der Waals surface area contributed by atoms with E-state index in [-0.39, 0.29) is 12.4 Å². The maximum absolute atomic E-state index is 3.55. The molecule has 2 aromatic carbocycles. The average molecular weight is 529 g/mol. The molecule has 0 radical (unpaired) electrons. The van der Waals surface area contributed by atoms with Gasteiger partial charge in [0, 0.05) is 45.0 Å². The molecule has 2 atom stereocenters. The molecule has 0 spiro atoms. The third-order valence-corrected chi connectivity index (χ3v) is 7.16. The van der Waals surface area contributed by atoms with Crippen LogP contribution in [0, 0.1) is 10.8 Å². The molecule has 0 aromatic heterocycles. The fraction of sp³-hybridized carbons (Fsp3) is 0.478. The zero-order chi connectivity index (χ0) is 19.1. The molecule has 0 aliphatic carbocycles. The molecule has 28 heavy (non-hydrogen) atoms. The minimum absolute atomic E-state index is 0. The number of piperidine rings is 2. The molecule has 5 heteroatoms. The van der Waals surface area contributed by atoms with Crippen molar-refractivity contribution in [2.24, 2.45) is 10.8 Å². The fourth-order valence-electron chi connectivity index (χ4n) is 5.76. The highest BCUT2D eigenvalue weighted by molar-refractivity contribution is 9.10. The van der Waals surface area contributed by atoms with Gasteiger partial charge in [0.15, 0.2) is 0 Å². The summed E-state index contributed by atoms with van der Waals surface area (Å²) in [7, 11) is 0. The van der Waals surface area contributed by atoms with Gasteiger partial charge in [-0.2, -0.15) is 0 Å². The maximum Gasteiger partial charge on any atom is 0.103 e. The molecule has 1 N–H and O–H groups in total. The highest BCUT2D eigenvalue weighted by Gasteiger charge is 2.50. The topological polar surface area (TPSA) is 7.68 Å². The van der Waals surface area contributed by atoms with Crippen LogP contribution in [-0.4, -0.2) is 31.1 Å². The first-order valence-electron chi connectivity index (χ1n) is 9.86. The molecule has 2 fully saturated rings. The van der Waals surface area contributed by atoms with Gasteiger partial charge in [0.1, 0.15) is 6.54 Å². The normalized spacial score (nSPS) is 29.9. The third-order valence-electron chi connectivity index (χ3n) is 6.10. The summed E-state index contributed by atoms with van der Waals surface area (Å²) in [6, 6.07) is 17.7. The van der Waals surface area contributed by atoms with Gasteiger partial charge in [0.25, 0.3) is 0 Å². The van der Waals surface area contributed by atoms with Gasteiger partial charge in [-0.1, -0.05) is 70.0 Å². The lowest BCUT2D eigenvalue weighted by Crippen LogP contribution is -3.15. The SMILES string of the molecule is CC12CN(Cc3ccc(Br)cc3)CC(C)(C[NH+](Cc3ccc(Br)cc3)C1)C2.[Cl-]. The van der Waals surface area contributed by atoms with Gasteiger partial charge in [0.2, 0.25) is 0 Å². The van der Waals surface area contributed by atoms with E-state index in [1.807, 2.05) is 0 Å². The summed E-state index contributed by atoms with van der Waals surface area (Å²) in [4.78, 5) is 4.44. The first-order chi connectivity index (χ1) is 12.8. The molecule has 2 bridgehead atoms. The molecule has 2 aromatic rings. The Bertz CT molecular complexity index is 712. The van der Waals surface area contributed by atoms with E-state index in [2.05, 4.69) is 99.1 Å². The Labute approximate surface area is 192 Å². The number of fused-ring (bicyclic) bond motifs is 2. The van der Waals surface area contributed by atoms with Crippen LogP contribution in [0.3, 0.4) is 0 Å². The summed E-state index contributed by atoms with van der Waals surface area (Å²) in [6.07, 6.45) is 1.36. The van der Waals surface area contributed by atoms with Crippen molar-refractivity contribution in [1.82, 2.24) is 4.90 Å². The van der Waals surface area contributed by atoms with Crippen molar-refractivity contribution in [3.63, 3.8) is 0 Å². The first kappa shape index (κ1) is 22.3. The lowest BCUT2D eigenvalue weighted by molar-refractivity contribution is -0.934. The van der Waals surface area contributed by atoms with Crippen LogP contribution in [0.1, 0.15) is 31.4 Å². The van der Waals surface area contributed by atoms with Gasteiger partial charge in [-0.3, -0.25) is 4.90 Å². The van der Waals surface area contributed by atoms with Crippen molar-refractivity contribution in [2.75, 3.05) is 26.2 Å². The van der Waals surface area contributed by atoms with Gasteiger partial charge in [-0.15, -0.1) is 0 Å². The molecule has 2 aliphatic rings. The van der Waals surface area contributed by atoms with Crippen molar-refractivity contribution >= 4 is 31.9 Å². The van der Waals surface area contributed by atoms with Crippen LogP contribution in [0.4, 0.5) is 0 Å². The second-order valence-electron chi connectivity index (χ2n) is 9.48. The van der Waals surface area contributed by atoms with Crippen molar-refractivity contribution in [3.05, 3.63) is 68.6 Å². The predicted octanol–water partition coefficient (Wildman–Crippen LogP) is 1.53. The van der Waals surface area contributed by atoms with E-state index in [1.165, 1.54) is 48.2 Å². The molecular formula is C23H29Br2ClN2. The van der Waals surface area contributed by atoms with Gasteiger partial charge in [-0.05, 0) is 36.2 Å². The zero-order valence-corrected chi connectivity index (χ0v) is 20.6. The molecule has 2 aliphatic heterocycles. The summed E-state index contributed by atoms with van der Waals surface area (Å²) < 4.78 is 2.33. The summed E-state index contributed by atoms with van der Waals surface area (Å²) in [5.41, 5.74) is 3.69. The zero-order valence-electron chi connectivity index (χ0n) is 16.6. The number of likely N-dealkylation sites (tertiary alicyclic amines) is 2. The smallest absolute Gasteiger partial charge is 0.103 e. The largest absolute Gasteiger partial charge is 1.00 e.